The van der Waals surface area contributed by atoms with Gasteiger partial charge in [0, 0.05) is 5.41 Å². The predicted octanol–water partition coefficient (Wildman–Crippen LogP) is -3.84. The maximum atomic E-state index is 15.3. The van der Waals surface area contributed by atoms with E-state index in [2.05, 4.69) is 33.8 Å². The quantitative estimate of drug-likeness (QED) is 0.0535. The second-order valence-electron chi connectivity index (χ2n) is 25.4. The first-order valence-electron chi connectivity index (χ1n) is 27.0. The van der Waals surface area contributed by atoms with E-state index in [1.165, 1.54) is 6.92 Å². The molecule has 28 atom stereocenters. The zero-order chi connectivity index (χ0) is 55.6. The average molecular weight is 1090 g/mol. The third-order valence-electron chi connectivity index (χ3n) is 20.8. The maximum Gasteiger partial charge on any atom is 0.317 e. The molecule has 76 heavy (non-hydrogen) atoms. The van der Waals surface area contributed by atoms with Gasteiger partial charge in [-0.15, -0.1) is 0 Å². The molecule has 436 valence electrons. The first-order chi connectivity index (χ1) is 35.6. The molecule has 0 spiro atoms. The monoisotopic (exact) mass is 1090 g/mol. The summed E-state index contributed by atoms with van der Waals surface area (Å²) in [7, 11) is 0. The second kappa shape index (κ2) is 21.3. The molecule has 0 aromatic rings. The van der Waals surface area contributed by atoms with Gasteiger partial charge in [-0.1, -0.05) is 46.3 Å². The van der Waals surface area contributed by atoms with Crippen LogP contribution in [0.3, 0.4) is 0 Å². The first kappa shape index (κ1) is 59.0. The van der Waals surface area contributed by atoms with E-state index < -0.39 is 207 Å². The molecule has 4 heterocycles. The van der Waals surface area contributed by atoms with Crippen LogP contribution in [-0.4, -0.2) is 245 Å². The van der Waals surface area contributed by atoms with E-state index in [4.69, 9.17) is 37.9 Å². The number of hydrogen-bond donors (Lipinski definition) is 15. The highest BCUT2D eigenvalue weighted by atomic mass is 16.8. The second-order valence-corrected chi connectivity index (χ2v) is 25.4. The molecule has 0 unspecified atom stereocenters. The molecule has 24 heteroatoms. The van der Waals surface area contributed by atoms with Gasteiger partial charge >= 0.3 is 5.97 Å². The molecule has 5 aliphatic carbocycles. The summed E-state index contributed by atoms with van der Waals surface area (Å²) < 4.78 is 47.0. The van der Waals surface area contributed by atoms with Gasteiger partial charge in [0.25, 0.3) is 0 Å². The molecule has 4 saturated heterocycles. The SMILES string of the molecule is C[C@H]1O[C@H](O[C@@H]2[C@@H](OC(=O)[C@@]34CCC(C)(C)C[C@@H]3C3=CC[C@H]5[C@]6(C)C[C@@H](O)[C@@H](O[C@H]7O[C@@H](CO)[C@H](O)[C@@H](O)[C@@H]7O)C(CO)(CO)[C@H]6CC[C@]5(C)[C@@]3(C)C[C@@H]4O)OC[C@@H](O)[C@H]2O)[C@@H](O)[C@@H](O)[C@@H]1O[C@H]1OC[C@H](O)[C@@H](O)[C@@H]1O. The third-order valence-corrected chi connectivity index (χ3v) is 20.8. The molecule has 24 nitrogen and oxygen atoms in total. The molecule has 9 aliphatic rings. The van der Waals surface area contributed by atoms with Crippen LogP contribution in [0.25, 0.3) is 0 Å². The Morgan fingerprint density at radius 1 is 0.618 bits per heavy atom. The highest BCUT2D eigenvalue weighted by Gasteiger charge is 2.74. The molecule has 4 saturated carbocycles. The number of esters is 1. The predicted molar refractivity (Wildman–Crippen MR) is 255 cm³/mol. The van der Waals surface area contributed by atoms with Crippen molar-refractivity contribution in [2.75, 3.05) is 33.0 Å². The Morgan fingerprint density at radius 2 is 1.22 bits per heavy atom. The van der Waals surface area contributed by atoms with Crippen molar-refractivity contribution in [2.45, 2.75) is 222 Å². The van der Waals surface area contributed by atoms with E-state index in [0.29, 0.717) is 32.1 Å². The molecule has 0 amide bonds. The van der Waals surface area contributed by atoms with Crippen molar-refractivity contribution in [1.82, 2.24) is 0 Å². The number of aliphatic hydroxyl groups excluding tert-OH is 15. The number of fused-ring (bicyclic) bond motifs is 7. The number of rotatable bonds is 11. The van der Waals surface area contributed by atoms with Crippen molar-refractivity contribution in [1.29, 1.82) is 0 Å². The minimum Gasteiger partial charge on any atom is -0.432 e. The lowest BCUT2D eigenvalue weighted by molar-refractivity contribution is -0.369. The lowest BCUT2D eigenvalue weighted by Gasteiger charge is -2.72. The summed E-state index contributed by atoms with van der Waals surface area (Å²) in [6.45, 7) is 9.08. The van der Waals surface area contributed by atoms with Crippen molar-refractivity contribution in [2.24, 2.45) is 50.2 Å². The van der Waals surface area contributed by atoms with Gasteiger partial charge in [-0.3, -0.25) is 4.79 Å². The number of ether oxygens (including phenoxy) is 8. The fourth-order valence-electron chi connectivity index (χ4n) is 16.2. The average Bonchev–Trinajstić information content (AvgIpc) is 3.56. The van der Waals surface area contributed by atoms with Gasteiger partial charge in [0.1, 0.15) is 78.7 Å². The first-order valence-corrected chi connectivity index (χ1v) is 27.0. The Kier molecular flexibility index (Phi) is 16.5. The minimum absolute atomic E-state index is 0.103. The minimum atomic E-state index is -1.91. The Morgan fingerprint density at radius 3 is 1.88 bits per heavy atom. The van der Waals surface area contributed by atoms with Crippen LogP contribution >= 0.6 is 0 Å². The van der Waals surface area contributed by atoms with Gasteiger partial charge in [0.05, 0.1) is 57.5 Å². The summed E-state index contributed by atoms with van der Waals surface area (Å²) in [4.78, 5) is 15.3. The normalized spacial score (nSPS) is 54.0. The summed E-state index contributed by atoms with van der Waals surface area (Å²) in [6.07, 6.45) is -28.2. The van der Waals surface area contributed by atoms with Crippen LogP contribution in [0.4, 0.5) is 0 Å². The van der Waals surface area contributed by atoms with Crippen molar-refractivity contribution in [3.8, 4) is 0 Å². The molecule has 0 radical (unpaired) electrons. The van der Waals surface area contributed by atoms with Crippen LogP contribution in [0.1, 0.15) is 92.9 Å². The van der Waals surface area contributed by atoms with Gasteiger partial charge in [0.15, 0.2) is 25.0 Å². The third kappa shape index (κ3) is 9.17. The van der Waals surface area contributed by atoms with Crippen LogP contribution in [0.2, 0.25) is 0 Å². The number of carbonyl (C=O) groups excluding carboxylic acids is 1. The van der Waals surface area contributed by atoms with Crippen molar-refractivity contribution >= 4 is 5.97 Å². The van der Waals surface area contributed by atoms with Gasteiger partial charge in [-0.05, 0) is 97.7 Å². The maximum absolute atomic E-state index is 15.3. The smallest absolute Gasteiger partial charge is 0.317 e. The van der Waals surface area contributed by atoms with Crippen LogP contribution in [-0.2, 0) is 42.7 Å². The molecule has 9 rings (SSSR count). The number of aliphatic hydroxyl groups is 15. The Labute approximate surface area is 441 Å². The van der Waals surface area contributed by atoms with E-state index in [1.54, 1.807) is 0 Å². The van der Waals surface area contributed by atoms with Crippen molar-refractivity contribution in [3.63, 3.8) is 0 Å². The fourth-order valence-corrected chi connectivity index (χ4v) is 16.2. The Bertz CT molecular complexity index is 2090. The van der Waals surface area contributed by atoms with E-state index in [1.807, 2.05) is 6.92 Å². The molecule has 0 aromatic heterocycles. The summed E-state index contributed by atoms with van der Waals surface area (Å²) in [5.74, 6) is -2.14. The summed E-state index contributed by atoms with van der Waals surface area (Å²) in [5, 5.41) is 165. The van der Waals surface area contributed by atoms with Crippen LogP contribution in [0.15, 0.2) is 11.6 Å². The fraction of sp³-hybridized carbons (Fsp3) is 0.942. The highest BCUT2D eigenvalue weighted by molar-refractivity contribution is 5.80. The van der Waals surface area contributed by atoms with Gasteiger partial charge in [-0.25, -0.2) is 0 Å². The van der Waals surface area contributed by atoms with E-state index >= 15 is 4.79 Å². The van der Waals surface area contributed by atoms with Gasteiger partial charge in [-0.2, -0.15) is 0 Å². The zero-order valence-corrected chi connectivity index (χ0v) is 44.0. The standard InChI is InChI=1S/C52H84O24/c1-21-39(73-42-36(65)31(60)25(57)17-69-42)35(64)38(67)43(71-21)74-40-32(61)26(58)18-70-45(40)76-46(68)52-12-11-47(2,3)13-23(52)22-7-8-28-48(4)14-24(56)41(75-44-37(66)34(63)33(62)27(16-53)72-44)51(19-54,20-55)29(48)9-10-49(28,5)50(22,6)15-30(52)59/h7,21,23-45,53-67H,8-20H2,1-6H3/t21-,23-,24-,25+,26-,27+,28+,29+,30+,31-,32-,33+,34-,35-,36+,37+,38+,39-,40+,41-,42-,43-,44-,45-,48+,49+,50+,52+/m1/s1. The number of carbonyl (C=O) groups is 1. The molecule has 4 aliphatic heterocycles. The highest BCUT2D eigenvalue weighted by Crippen LogP contribution is 2.76. The van der Waals surface area contributed by atoms with Gasteiger partial charge in [0.2, 0.25) is 6.29 Å². The van der Waals surface area contributed by atoms with Gasteiger partial charge < -0.3 is 114 Å². The van der Waals surface area contributed by atoms with Crippen molar-refractivity contribution in [3.05, 3.63) is 11.6 Å². The van der Waals surface area contributed by atoms with E-state index in [0.717, 1.165) is 5.57 Å². The Balaban J connectivity index is 0.971. The topological polar surface area (TPSA) is 394 Å². The summed E-state index contributed by atoms with van der Waals surface area (Å²) >= 11 is 0. The van der Waals surface area contributed by atoms with E-state index in [-0.39, 0.29) is 30.6 Å². The van der Waals surface area contributed by atoms with Crippen LogP contribution < -0.4 is 0 Å². The molecular formula is C52H84O24. The number of allylic oxidation sites excluding steroid dienone is 2. The lowest BCUT2D eigenvalue weighted by Crippen LogP contribution is -2.71. The molecule has 0 aromatic carbocycles. The Hall–Kier alpha value is -1.67. The summed E-state index contributed by atoms with van der Waals surface area (Å²) in [5.41, 5.74) is -4.60. The molecule has 0 bridgehead atoms. The largest absolute Gasteiger partial charge is 0.432 e. The molecular weight excluding hydrogens is 1010 g/mol. The van der Waals surface area contributed by atoms with Crippen LogP contribution in [0, 0.1) is 50.2 Å². The number of hydrogen-bond acceptors (Lipinski definition) is 24. The van der Waals surface area contributed by atoms with Crippen molar-refractivity contribution < 1.29 is 119 Å². The summed E-state index contributed by atoms with van der Waals surface area (Å²) in [6, 6.07) is 0. The molecule has 15 N–H and O–H groups in total. The molecule has 8 fully saturated rings. The lowest BCUT2D eigenvalue weighted by atomic mass is 9.33. The van der Waals surface area contributed by atoms with Crippen LogP contribution in [0.5, 0.6) is 0 Å². The van der Waals surface area contributed by atoms with E-state index in [9.17, 15) is 76.6 Å². The zero-order valence-electron chi connectivity index (χ0n) is 44.0.